The maximum absolute atomic E-state index is 14.4. The summed E-state index contributed by atoms with van der Waals surface area (Å²) >= 11 is 0. The first-order chi connectivity index (χ1) is 25.6. The molecule has 0 aromatic heterocycles. The monoisotopic (exact) mass is 742 g/mol. The molecule has 6 heteroatoms. The average molecular weight is 743 g/mol. The number of benzene rings is 6. The van der Waals surface area contributed by atoms with Gasteiger partial charge in [-0.3, -0.25) is 0 Å². The van der Waals surface area contributed by atoms with E-state index < -0.39 is 19.7 Å². The van der Waals surface area contributed by atoms with Gasteiger partial charge in [-0.2, -0.15) is 0 Å². The Morgan fingerprint density at radius 1 is 0.389 bits per heavy atom. The van der Waals surface area contributed by atoms with Gasteiger partial charge >= 0.3 is 0 Å². The molecular weight excluding hydrogens is 705 g/mol. The van der Waals surface area contributed by atoms with E-state index in [0.29, 0.717) is 41.9 Å². The molecule has 4 nitrogen and oxygen atoms in total. The van der Waals surface area contributed by atoms with Crippen LogP contribution in [0.25, 0.3) is 33.1 Å². The van der Waals surface area contributed by atoms with Crippen LogP contribution in [0.15, 0.2) is 141 Å². The van der Waals surface area contributed by atoms with Gasteiger partial charge in [-0.05, 0) is 102 Å². The molecular formula is C48H38O4S2. The third-order valence-electron chi connectivity index (χ3n) is 11.6. The molecule has 0 unspecified atom stereocenters. The van der Waals surface area contributed by atoms with E-state index in [1.54, 1.807) is 24.3 Å². The minimum Gasteiger partial charge on any atom is -0.218 e. The van der Waals surface area contributed by atoms with Crippen molar-refractivity contribution >= 4 is 52.7 Å². The van der Waals surface area contributed by atoms with Crippen LogP contribution in [0.1, 0.15) is 86.1 Å². The van der Waals surface area contributed by atoms with Gasteiger partial charge in [0.15, 0.2) is 0 Å². The summed E-state index contributed by atoms with van der Waals surface area (Å²) in [5.41, 5.74) is 9.96. The lowest BCUT2D eigenvalue weighted by Crippen LogP contribution is -2.16. The Morgan fingerprint density at radius 3 is 1.09 bits per heavy atom. The van der Waals surface area contributed by atoms with E-state index in [0.717, 1.165) is 54.6 Å². The Balaban J connectivity index is 1.30. The first-order valence-electron chi connectivity index (χ1n) is 18.3. The first kappa shape index (κ1) is 33.3. The Hall–Kier alpha value is -5.30. The van der Waals surface area contributed by atoms with Gasteiger partial charge < -0.3 is 0 Å². The molecule has 0 N–H and O–H groups in total. The highest BCUT2D eigenvalue weighted by molar-refractivity contribution is 7.97. The fourth-order valence-corrected chi connectivity index (χ4v) is 12.7. The van der Waals surface area contributed by atoms with Crippen molar-refractivity contribution in [3.63, 3.8) is 0 Å². The number of hydrogen-bond donors (Lipinski definition) is 0. The zero-order valence-electron chi connectivity index (χ0n) is 31.0. The Bertz CT molecular complexity index is 2930. The molecule has 0 bridgehead atoms. The molecule has 10 rings (SSSR count). The van der Waals surface area contributed by atoms with Gasteiger partial charge in [0.1, 0.15) is 0 Å². The van der Waals surface area contributed by atoms with E-state index in [4.69, 9.17) is 0 Å². The Labute approximate surface area is 316 Å². The molecule has 0 spiro atoms. The lowest BCUT2D eigenvalue weighted by Gasteiger charge is -2.19. The van der Waals surface area contributed by atoms with E-state index in [1.807, 2.05) is 48.5 Å². The maximum Gasteiger partial charge on any atom is 0.208 e. The maximum atomic E-state index is 14.4. The van der Waals surface area contributed by atoms with Gasteiger partial charge in [0.05, 0.1) is 19.6 Å². The second-order valence-electron chi connectivity index (χ2n) is 17.0. The van der Waals surface area contributed by atoms with Gasteiger partial charge in [-0.15, -0.1) is 0 Å². The molecule has 0 radical (unpaired) electrons. The third kappa shape index (κ3) is 4.41. The third-order valence-corrected chi connectivity index (χ3v) is 15.4. The topological polar surface area (TPSA) is 68.3 Å². The molecule has 2 aliphatic carbocycles. The van der Waals surface area contributed by atoms with Gasteiger partial charge in [-0.25, -0.2) is 16.8 Å². The second-order valence-corrected chi connectivity index (χ2v) is 20.7. The van der Waals surface area contributed by atoms with Gasteiger partial charge in [0, 0.05) is 33.4 Å². The smallest absolute Gasteiger partial charge is 0.208 e. The SMILES string of the molecule is CC(C)(C)c1ccc(C2=c3cc4cc5c(cc4cc3C3=C2S(=O)(=O)c2ccccc23)=C(c2ccc(C(C)(C)C)cc2)C2=C5c3ccccc3S2(=O)=O)cc1. The summed E-state index contributed by atoms with van der Waals surface area (Å²) in [4.78, 5) is 1.38. The molecule has 2 heterocycles. The molecule has 0 amide bonds. The van der Waals surface area contributed by atoms with Crippen molar-refractivity contribution in [1.82, 2.24) is 0 Å². The number of hydrogen-bond acceptors (Lipinski definition) is 4. The van der Waals surface area contributed by atoms with Crippen LogP contribution < -0.4 is 10.4 Å². The highest BCUT2D eigenvalue weighted by Gasteiger charge is 2.44. The van der Waals surface area contributed by atoms with Gasteiger partial charge in [-0.1, -0.05) is 126 Å². The van der Waals surface area contributed by atoms with Crippen LogP contribution in [0.2, 0.25) is 0 Å². The van der Waals surface area contributed by atoms with Crippen molar-refractivity contribution in [2.45, 2.75) is 62.2 Å². The van der Waals surface area contributed by atoms with Crippen molar-refractivity contribution in [3.8, 4) is 0 Å². The lowest BCUT2D eigenvalue weighted by atomic mass is 9.86. The zero-order valence-corrected chi connectivity index (χ0v) is 32.6. The van der Waals surface area contributed by atoms with Gasteiger partial charge in [0.25, 0.3) is 0 Å². The quantitative estimate of drug-likeness (QED) is 0.178. The molecule has 6 aromatic carbocycles. The summed E-state index contributed by atoms with van der Waals surface area (Å²) < 4.78 is 57.8. The van der Waals surface area contributed by atoms with Crippen LogP contribution in [-0.4, -0.2) is 16.8 Å². The number of rotatable bonds is 2. The molecule has 4 aliphatic rings. The summed E-state index contributed by atoms with van der Waals surface area (Å²) in [7, 11) is -7.62. The normalized spacial score (nSPS) is 17.4. The predicted octanol–water partition coefficient (Wildman–Crippen LogP) is 8.95. The fourth-order valence-electron chi connectivity index (χ4n) is 8.87. The van der Waals surface area contributed by atoms with Crippen LogP contribution in [-0.2, 0) is 30.5 Å². The fraction of sp³-hybridized carbons (Fsp3) is 0.167. The van der Waals surface area contributed by atoms with Crippen LogP contribution in [0.4, 0.5) is 0 Å². The summed E-state index contributed by atoms with van der Waals surface area (Å²) in [6.07, 6.45) is 0. The van der Waals surface area contributed by atoms with E-state index in [2.05, 4.69) is 90.1 Å². The predicted molar refractivity (Wildman–Crippen MR) is 218 cm³/mol. The molecule has 266 valence electrons. The molecule has 0 fully saturated rings. The standard InChI is InChI=1S/C48H38O4S2/c1-47(2,3)31-19-15-27(16-20-31)41-35-23-29-26-38-36(24-30(29)25-37(35)43-33-11-7-9-13-39(33)53(49,50)45(41)43)42(28-17-21-32(22-18-28)48(4,5)6)46-44(38)34-12-8-10-14-40(34)54(46,51)52/h7-26H,1-6H3. The van der Waals surface area contributed by atoms with Crippen LogP contribution in [0.5, 0.6) is 0 Å². The number of allylic oxidation sites excluding steroid dienone is 2. The molecule has 0 atom stereocenters. The number of sulfone groups is 2. The van der Waals surface area contributed by atoms with Crippen LogP contribution in [0, 0.1) is 0 Å². The summed E-state index contributed by atoms with van der Waals surface area (Å²) in [6.45, 7) is 13.0. The lowest BCUT2D eigenvalue weighted by molar-refractivity contribution is 0.590. The van der Waals surface area contributed by atoms with Gasteiger partial charge in [0.2, 0.25) is 19.7 Å². The number of fused-ring (bicyclic) bond motifs is 9. The minimum absolute atomic E-state index is 0.0577. The molecule has 54 heavy (non-hydrogen) atoms. The largest absolute Gasteiger partial charge is 0.218 e. The van der Waals surface area contributed by atoms with Crippen molar-refractivity contribution in [1.29, 1.82) is 0 Å². The van der Waals surface area contributed by atoms with Crippen molar-refractivity contribution < 1.29 is 16.8 Å². The Kier molecular flexibility index (Phi) is 6.58. The Morgan fingerprint density at radius 2 is 0.741 bits per heavy atom. The molecule has 0 saturated carbocycles. The molecule has 6 aromatic rings. The van der Waals surface area contributed by atoms with E-state index in [-0.39, 0.29) is 10.8 Å². The second kappa shape index (κ2) is 10.7. The zero-order chi connectivity index (χ0) is 37.7. The highest BCUT2D eigenvalue weighted by Crippen LogP contribution is 2.52. The summed E-state index contributed by atoms with van der Waals surface area (Å²) in [5.74, 6) is 0. The van der Waals surface area contributed by atoms with Crippen molar-refractivity contribution in [3.05, 3.63) is 186 Å². The van der Waals surface area contributed by atoms with Crippen molar-refractivity contribution in [2.75, 3.05) is 0 Å². The van der Waals surface area contributed by atoms with E-state index >= 15 is 0 Å². The van der Waals surface area contributed by atoms with E-state index in [1.165, 1.54) is 11.1 Å². The minimum atomic E-state index is -3.81. The molecule has 2 aliphatic heterocycles. The van der Waals surface area contributed by atoms with Crippen molar-refractivity contribution in [2.24, 2.45) is 0 Å². The highest BCUT2D eigenvalue weighted by atomic mass is 32.2. The summed E-state index contributed by atoms with van der Waals surface area (Å²) in [6, 6.07) is 39.6. The summed E-state index contributed by atoms with van der Waals surface area (Å²) in [5, 5.41) is 3.56. The molecule has 0 saturated heterocycles. The van der Waals surface area contributed by atoms with Crippen LogP contribution >= 0.6 is 0 Å². The first-order valence-corrected chi connectivity index (χ1v) is 21.3. The van der Waals surface area contributed by atoms with E-state index in [9.17, 15) is 16.8 Å². The van der Waals surface area contributed by atoms with Crippen LogP contribution in [0.3, 0.4) is 0 Å². The average Bonchev–Trinajstić information content (AvgIpc) is 3.79.